The van der Waals surface area contributed by atoms with Crippen LogP contribution in [0.5, 0.6) is 0 Å². The summed E-state index contributed by atoms with van der Waals surface area (Å²) in [6.07, 6.45) is 2.25. The van der Waals surface area contributed by atoms with Crippen LogP contribution in [0, 0.1) is 0 Å². The fourth-order valence-corrected chi connectivity index (χ4v) is 2.36. The van der Waals surface area contributed by atoms with Crippen molar-refractivity contribution in [2.75, 3.05) is 0 Å². The molecular formula is C14H19BrN4. The molecule has 0 aliphatic carbocycles. The highest BCUT2D eigenvalue weighted by Gasteiger charge is 2.24. The van der Waals surface area contributed by atoms with E-state index in [4.69, 9.17) is 5.73 Å². The smallest absolute Gasteiger partial charge is 0.138 e. The highest BCUT2D eigenvalue weighted by molar-refractivity contribution is 9.10. The molecule has 1 atom stereocenters. The summed E-state index contributed by atoms with van der Waals surface area (Å²) in [6.45, 7) is 6.20. The molecule has 2 N–H and O–H groups in total. The Kier molecular flexibility index (Phi) is 4.06. The number of nitrogens with zero attached hydrogens (tertiary/aromatic N) is 3. The molecule has 5 heteroatoms. The molecule has 1 aromatic carbocycles. The lowest BCUT2D eigenvalue weighted by Crippen LogP contribution is -2.36. The quantitative estimate of drug-likeness (QED) is 0.941. The fraction of sp³-hybridized carbons (Fsp3) is 0.429. The van der Waals surface area contributed by atoms with Crippen LogP contribution < -0.4 is 5.73 Å². The number of hydrogen-bond acceptors (Lipinski definition) is 3. The van der Waals surface area contributed by atoms with Gasteiger partial charge in [-0.25, -0.2) is 9.67 Å². The standard InChI is InChI=1S/C14H19BrN4/c1-10(2)19-13(17-9-18-19)8-14(3,16)11-4-6-12(15)7-5-11/h4-7,9-10H,8,16H2,1-3H3. The maximum absolute atomic E-state index is 6.45. The third-order valence-corrected chi connectivity index (χ3v) is 3.69. The van der Waals surface area contributed by atoms with E-state index >= 15 is 0 Å². The average Bonchev–Trinajstić information content (AvgIpc) is 2.77. The van der Waals surface area contributed by atoms with Crippen molar-refractivity contribution in [1.29, 1.82) is 0 Å². The van der Waals surface area contributed by atoms with Crippen molar-refractivity contribution in [3.8, 4) is 0 Å². The summed E-state index contributed by atoms with van der Waals surface area (Å²) >= 11 is 3.44. The number of benzene rings is 1. The summed E-state index contributed by atoms with van der Waals surface area (Å²) in [5, 5.41) is 4.25. The maximum atomic E-state index is 6.45. The van der Waals surface area contributed by atoms with E-state index in [9.17, 15) is 0 Å². The minimum absolute atomic E-state index is 0.290. The predicted molar refractivity (Wildman–Crippen MR) is 79.8 cm³/mol. The van der Waals surface area contributed by atoms with Crippen LogP contribution in [-0.4, -0.2) is 14.8 Å². The van der Waals surface area contributed by atoms with E-state index in [1.54, 1.807) is 6.33 Å². The first-order chi connectivity index (χ1) is 8.90. The van der Waals surface area contributed by atoms with Gasteiger partial charge in [0.05, 0.1) is 0 Å². The molecule has 0 bridgehead atoms. The van der Waals surface area contributed by atoms with Crippen molar-refractivity contribution in [2.24, 2.45) is 5.73 Å². The van der Waals surface area contributed by atoms with Crippen LogP contribution in [0.3, 0.4) is 0 Å². The Labute approximate surface area is 122 Å². The van der Waals surface area contributed by atoms with E-state index < -0.39 is 5.54 Å². The van der Waals surface area contributed by atoms with Gasteiger partial charge in [-0.2, -0.15) is 5.10 Å². The van der Waals surface area contributed by atoms with E-state index in [-0.39, 0.29) is 0 Å². The zero-order chi connectivity index (χ0) is 14.0. The Hall–Kier alpha value is -1.20. The molecule has 0 aliphatic rings. The van der Waals surface area contributed by atoms with Crippen molar-refractivity contribution in [2.45, 2.75) is 38.8 Å². The maximum Gasteiger partial charge on any atom is 0.138 e. The molecule has 0 radical (unpaired) electrons. The van der Waals surface area contributed by atoms with Gasteiger partial charge in [0.1, 0.15) is 12.2 Å². The Balaban J connectivity index is 2.25. The molecule has 0 spiro atoms. The monoisotopic (exact) mass is 322 g/mol. The summed E-state index contributed by atoms with van der Waals surface area (Å²) in [7, 11) is 0. The van der Waals surface area contributed by atoms with Gasteiger partial charge in [0.2, 0.25) is 0 Å². The molecule has 4 nitrogen and oxygen atoms in total. The highest BCUT2D eigenvalue weighted by atomic mass is 79.9. The molecule has 0 fully saturated rings. The molecule has 2 aromatic rings. The SMILES string of the molecule is CC(C)n1ncnc1CC(C)(N)c1ccc(Br)cc1. The Morgan fingerprint density at radius 3 is 2.53 bits per heavy atom. The van der Waals surface area contributed by atoms with Gasteiger partial charge in [-0.1, -0.05) is 28.1 Å². The third-order valence-electron chi connectivity index (χ3n) is 3.17. The molecule has 102 valence electrons. The van der Waals surface area contributed by atoms with Gasteiger partial charge in [0, 0.05) is 22.5 Å². The lowest BCUT2D eigenvalue weighted by Gasteiger charge is -2.25. The first kappa shape index (κ1) is 14.2. The number of rotatable bonds is 4. The molecule has 1 unspecified atom stereocenters. The van der Waals surface area contributed by atoms with Gasteiger partial charge in [0.25, 0.3) is 0 Å². The summed E-state index contributed by atoms with van der Waals surface area (Å²) in [5.41, 5.74) is 7.09. The molecule has 0 saturated carbocycles. The first-order valence-electron chi connectivity index (χ1n) is 6.33. The molecule has 1 aromatic heterocycles. The van der Waals surface area contributed by atoms with E-state index in [2.05, 4.69) is 39.9 Å². The lowest BCUT2D eigenvalue weighted by molar-refractivity contribution is 0.433. The van der Waals surface area contributed by atoms with Gasteiger partial charge in [-0.3, -0.25) is 0 Å². The number of hydrogen-bond donors (Lipinski definition) is 1. The normalized spacial score (nSPS) is 14.6. The van der Waals surface area contributed by atoms with Crippen LogP contribution in [0.4, 0.5) is 0 Å². The molecule has 1 heterocycles. The summed E-state index contributed by atoms with van der Waals surface area (Å²) in [4.78, 5) is 4.33. The summed E-state index contributed by atoms with van der Waals surface area (Å²) < 4.78 is 2.97. The van der Waals surface area contributed by atoms with Crippen LogP contribution in [0.1, 0.15) is 38.2 Å². The molecule has 2 rings (SSSR count). The van der Waals surface area contributed by atoms with Crippen molar-refractivity contribution in [1.82, 2.24) is 14.8 Å². The zero-order valence-electron chi connectivity index (χ0n) is 11.5. The third kappa shape index (κ3) is 3.22. The van der Waals surface area contributed by atoms with Crippen LogP contribution in [-0.2, 0) is 12.0 Å². The molecule has 0 saturated heterocycles. The van der Waals surface area contributed by atoms with Crippen LogP contribution in [0.15, 0.2) is 35.1 Å². The van der Waals surface area contributed by atoms with Gasteiger partial charge in [-0.15, -0.1) is 0 Å². The second kappa shape index (κ2) is 5.43. The topological polar surface area (TPSA) is 56.7 Å². The fourth-order valence-electron chi connectivity index (χ4n) is 2.09. The minimum Gasteiger partial charge on any atom is -0.321 e. The van der Waals surface area contributed by atoms with E-state index in [1.165, 1.54) is 0 Å². The Bertz CT molecular complexity index is 543. The average molecular weight is 323 g/mol. The van der Waals surface area contributed by atoms with Gasteiger partial charge >= 0.3 is 0 Å². The lowest BCUT2D eigenvalue weighted by atomic mass is 9.89. The van der Waals surface area contributed by atoms with Crippen LogP contribution >= 0.6 is 15.9 Å². The van der Waals surface area contributed by atoms with Gasteiger partial charge in [0.15, 0.2) is 0 Å². The minimum atomic E-state index is -0.458. The molecular weight excluding hydrogens is 304 g/mol. The Morgan fingerprint density at radius 2 is 1.95 bits per heavy atom. The highest BCUT2D eigenvalue weighted by Crippen LogP contribution is 2.24. The summed E-state index contributed by atoms with van der Waals surface area (Å²) in [6, 6.07) is 8.39. The van der Waals surface area contributed by atoms with Crippen molar-refractivity contribution < 1.29 is 0 Å². The molecule has 19 heavy (non-hydrogen) atoms. The first-order valence-corrected chi connectivity index (χ1v) is 7.13. The van der Waals surface area contributed by atoms with Crippen LogP contribution in [0.2, 0.25) is 0 Å². The van der Waals surface area contributed by atoms with Crippen LogP contribution in [0.25, 0.3) is 0 Å². The number of halogens is 1. The molecule has 0 aliphatic heterocycles. The predicted octanol–water partition coefficient (Wildman–Crippen LogP) is 3.04. The largest absolute Gasteiger partial charge is 0.321 e. The van der Waals surface area contributed by atoms with E-state index in [1.807, 2.05) is 35.9 Å². The van der Waals surface area contributed by atoms with Gasteiger partial charge in [-0.05, 0) is 38.5 Å². The number of aromatic nitrogens is 3. The zero-order valence-corrected chi connectivity index (χ0v) is 13.1. The summed E-state index contributed by atoms with van der Waals surface area (Å²) in [5.74, 6) is 0.919. The van der Waals surface area contributed by atoms with E-state index in [0.717, 1.165) is 15.9 Å². The van der Waals surface area contributed by atoms with Gasteiger partial charge < -0.3 is 5.73 Å². The van der Waals surface area contributed by atoms with Crippen molar-refractivity contribution in [3.05, 3.63) is 46.5 Å². The molecule has 0 amide bonds. The Morgan fingerprint density at radius 1 is 1.32 bits per heavy atom. The van der Waals surface area contributed by atoms with E-state index in [0.29, 0.717) is 12.5 Å². The second-order valence-corrected chi connectivity index (χ2v) is 6.23. The second-order valence-electron chi connectivity index (χ2n) is 5.32. The number of nitrogens with two attached hydrogens (primary N) is 1. The van der Waals surface area contributed by atoms with Crippen molar-refractivity contribution >= 4 is 15.9 Å². The van der Waals surface area contributed by atoms with Crippen molar-refractivity contribution in [3.63, 3.8) is 0 Å².